The summed E-state index contributed by atoms with van der Waals surface area (Å²) < 4.78 is 1.21. The summed E-state index contributed by atoms with van der Waals surface area (Å²) in [5, 5.41) is 4.28. The van der Waals surface area contributed by atoms with Crippen LogP contribution in [-0.2, 0) is 0 Å². The van der Waals surface area contributed by atoms with Crippen LogP contribution in [0.4, 0.5) is 10.8 Å². The fourth-order valence-corrected chi connectivity index (χ4v) is 3.03. The van der Waals surface area contributed by atoms with Crippen LogP contribution in [0.2, 0.25) is 0 Å². The zero-order valence-corrected chi connectivity index (χ0v) is 12.0. The summed E-state index contributed by atoms with van der Waals surface area (Å²) >= 11 is 1.67. The van der Waals surface area contributed by atoms with Crippen LogP contribution in [0, 0.1) is 20.8 Å². The van der Waals surface area contributed by atoms with Gasteiger partial charge in [-0.15, -0.1) is 0 Å². The number of anilines is 2. The van der Waals surface area contributed by atoms with Crippen molar-refractivity contribution in [2.24, 2.45) is 0 Å². The van der Waals surface area contributed by atoms with E-state index in [2.05, 4.69) is 46.5 Å². The van der Waals surface area contributed by atoms with Crippen molar-refractivity contribution in [1.82, 2.24) is 9.97 Å². The van der Waals surface area contributed by atoms with E-state index in [9.17, 15) is 0 Å². The summed E-state index contributed by atoms with van der Waals surface area (Å²) in [7, 11) is 0. The van der Waals surface area contributed by atoms with Gasteiger partial charge in [0.25, 0.3) is 0 Å². The van der Waals surface area contributed by atoms with Gasteiger partial charge in [0.15, 0.2) is 5.13 Å². The Bertz CT molecular complexity index is 746. The van der Waals surface area contributed by atoms with Gasteiger partial charge in [0, 0.05) is 5.69 Å². The third-order valence-corrected chi connectivity index (χ3v) is 4.02. The van der Waals surface area contributed by atoms with E-state index < -0.39 is 0 Å². The summed E-state index contributed by atoms with van der Waals surface area (Å²) in [5.41, 5.74) is 5.33. The van der Waals surface area contributed by atoms with Crippen molar-refractivity contribution in [1.29, 1.82) is 0 Å². The smallest absolute Gasteiger partial charge is 0.188 e. The quantitative estimate of drug-likeness (QED) is 0.751. The Morgan fingerprint density at radius 3 is 2.58 bits per heavy atom. The molecule has 2 heterocycles. The molecule has 4 heteroatoms. The van der Waals surface area contributed by atoms with E-state index in [1.807, 2.05) is 19.9 Å². The molecule has 0 amide bonds. The number of pyridine rings is 1. The van der Waals surface area contributed by atoms with Gasteiger partial charge < -0.3 is 5.32 Å². The van der Waals surface area contributed by atoms with E-state index in [0.29, 0.717) is 0 Å². The lowest BCUT2D eigenvalue weighted by Crippen LogP contribution is -1.95. The first-order valence-corrected chi connectivity index (χ1v) is 7.02. The van der Waals surface area contributed by atoms with Crippen molar-refractivity contribution >= 4 is 32.4 Å². The molecule has 3 nitrogen and oxygen atoms in total. The summed E-state index contributed by atoms with van der Waals surface area (Å²) in [5.74, 6) is 0. The molecule has 1 aromatic carbocycles. The highest BCUT2D eigenvalue weighted by atomic mass is 32.1. The molecule has 0 fully saturated rings. The van der Waals surface area contributed by atoms with E-state index in [4.69, 9.17) is 0 Å². The maximum Gasteiger partial charge on any atom is 0.188 e. The number of thiazole rings is 1. The highest BCUT2D eigenvalue weighted by Crippen LogP contribution is 2.30. The zero-order chi connectivity index (χ0) is 13.4. The number of nitrogens with zero attached hydrogens (tertiary/aromatic N) is 2. The molecule has 1 N–H and O–H groups in total. The predicted octanol–water partition coefficient (Wildman–Crippen LogP) is 4.36. The molecule has 0 aliphatic heterocycles. The maximum atomic E-state index is 4.65. The first-order valence-electron chi connectivity index (χ1n) is 6.21. The molecule has 0 spiro atoms. The molecular weight excluding hydrogens is 254 g/mol. The Labute approximate surface area is 116 Å². The number of fused-ring (bicyclic) bond motifs is 1. The van der Waals surface area contributed by atoms with Crippen LogP contribution < -0.4 is 5.32 Å². The molecule has 0 aliphatic carbocycles. The van der Waals surface area contributed by atoms with Gasteiger partial charge in [-0.05, 0) is 44.5 Å². The van der Waals surface area contributed by atoms with E-state index in [0.717, 1.165) is 27.7 Å². The van der Waals surface area contributed by atoms with E-state index in [-0.39, 0.29) is 0 Å². The second-order valence-corrected chi connectivity index (χ2v) is 5.68. The minimum atomic E-state index is 0.915. The van der Waals surface area contributed by atoms with Gasteiger partial charge >= 0.3 is 0 Å². The van der Waals surface area contributed by atoms with E-state index >= 15 is 0 Å². The Morgan fingerprint density at radius 2 is 1.84 bits per heavy atom. The Morgan fingerprint density at radius 1 is 1.00 bits per heavy atom. The summed E-state index contributed by atoms with van der Waals surface area (Å²) in [6.45, 7) is 6.09. The standard InChI is InChI=1S/C15H15N3S/c1-9-5-4-6-13-14(9)18-15(19-13)17-12-8-7-10(2)16-11(12)3/h4-8H,1-3H3,(H,17,18). The normalized spacial score (nSPS) is 10.9. The number of aryl methyl sites for hydroxylation is 3. The zero-order valence-electron chi connectivity index (χ0n) is 11.2. The molecule has 0 unspecified atom stereocenters. The molecule has 96 valence electrons. The van der Waals surface area contributed by atoms with Crippen LogP contribution in [0.25, 0.3) is 10.2 Å². The largest absolute Gasteiger partial charge is 0.330 e. The van der Waals surface area contributed by atoms with Crippen LogP contribution in [0.1, 0.15) is 17.0 Å². The second-order valence-electron chi connectivity index (χ2n) is 4.65. The van der Waals surface area contributed by atoms with Gasteiger partial charge in [-0.25, -0.2) is 4.98 Å². The third-order valence-electron chi connectivity index (χ3n) is 3.09. The molecule has 0 aliphatic rings. The average Bonchev–Trinajstić information content (AvgIpc) is 2.77. The van der Waals surface area contributed by atoms with Crippen molar-refractivity contribution in [3.05, 3.63) is 47.3 Å². The number of benzene rings is 1. The van der Waals surface area contributed by atoms with Crippen molar-refractivity contribution in [3.63, 3.8) is 0 Å². The molecule has 0 atom stereocenters. The molecule has 0 bridgehead atoms. The van der Waals surface area contributed by atoms with Gasteiger partial charge in [-0.3, -0.25) is 4.98 Å². The van der Waals surface area contributed by atoms with E-state index in [1.54, 1.807) is 11.3 Å². The summed E-state index contributed by atoms with van der Waals surface area (Å²) in [4.78, 5) is 9.11. The molecule has 2 aromatic heterocycles. The van der Waals surface area contributed by atoms with Gasteiger partial charge in [0.05, 0.1) is 21.6 Å². The Kier molecular flexibility index (Phi) is 2.95. The molecule has 19 heavy (non-hydrogen) atoms. The summed E-state index contributed by atoms with van der Waals surface area (Å²) in [6.07, 6.45) is 0. The lowest BCUT2D eigenvalue weighted by atomic mass is 10.2. The lowest BCUT2D eigenvalue weighted by Gasteiger charge is -2.06. The second kappa shape index (κ2) is 4.63. The highest BCUT2D eigenvalue weighted by Gasteiger charge is 2.07. The minimum Gasteiger partial charge on any atom is -0.330 e. The van der Waals surface area contributed by atoms with Crippen LogP contribution in [0.15, 0.2) is 30.3 Å². The molecular formula is C15H15N3S. The number of nitrogens with one attached hydrogen (secondary N) is 1. The van der Waals surface area contributed by atoms with Gasteiger partial charge in [0.1, 0.15) is 0 Å². The van der Waals surface area contributed by atoms with Crippen LogP contribution in [0.5, 0.6) is 0 Å². The number of aromatic nitrogens is 2. The molecule has 3 aromatic rings. The first-order chi connectivity index (χ1) is 9.13. The first kappa shape index (κ1) is 12.1. The fourth-order valence-electron chi connectivity index (χ4n) is 2.07. The average molecular weight is 269 g/mol. The molecule has 0 saturated heterocycles. The maximum absolute atomic E-state index is 4.65. The molecule has 0 saturated carbocycles. The van der Waals surface area contributed by atoms with Gasteiger partial charge in [-0.2, -0.15) is 0 Å². The van der Waals surface area contributed by atoms with Crippen molar-refractivity contribution in [3.8, 4) is 0 Å². The van der Waals surface area contributed by atoms with E-state index in [1.165, 1.54) is 10.3 Å². The lowest BCUT2D eigenvalue weighted by molar-refractivity contribution is 1.12. The summed E-state index contributed by atoms with van der Waals surface area (Å²) in [6, 6.07) is 10.3. The predicted molar refractivity (Wildman–Crippen MR) is 81.4 cm³/mol. The van der Waals surface area contributed by atoms with Crippen molar-refractivity contribution in [2.45, 2.75) is 20.8 Å². The Hall–Kier alpha value is -1.94. The highest BCUT2D eigenvalue weighted by molar-refractivity contribution is 7.22. The topological polar surface area (TPSA) is 37.8 Å². The molecule has 0 radical (unpaired) electrons. The number of para-hydroxylation sites is 1. The number of hydrogen-bond acceptors (Lipinski definition) is 4. The third kappa shape index (κ3) is 2.31. The minimum absolute atomic E-state index is 0.915. The van der Waals surface area contributed by atoms with Crippen LogP contribution in [0.3, 0.4) is 0 Å². The fraction of sp³-hybridized carbons (Fsp3) is 0.200. The monoisotopic (exact) mass is 269 g/mol. The SMILES string of the molecule is Cc1ccc(Nc2nc3c(C)cccc3s2)c(C)n1. The van der Waals surface area contributed by atoms with Crippen LogP contribution >= 0.6 is 11.3 Å². The van der Waals surface area contributed by atoms with Crippen molar-refractivity contribution < 1.29 is 0 Å². The number of hydrogen-bond donors (Lipinski definition) is 1. The number of rotatable bonds is 2. The molecule has 3 rings (SSSR count). The Balaban J connectivity index is 1.99. The van der Waals surface area contributed by atoms with Crippen molar-refractivity contribution in [2.75, 3.05) is 5.32 Å². The van der Waals surface area contributed by atoms with Gasteiger partial charge in [0.2, 0.25) is 0 Å². The van der Waals surface area contributed by atoms with Crippen LogP contribution in [-0.4, -0.2) is 9.97 Å². The van der Waals surface area contributed by atoms with Gasteiger partial charge in [-0.1, -0.05) is 23.5 Å².